The zero-order valence-corrected chi connectivity index (χ0v) is 20.0. The molecule has 9 heteroatoms. The summed E-state index contributed by atoms with van der Waals surface area (Å²) in [4.78, 5) is 30.2. The highest BCUT2D eigenvalue weighted by Gasteiger charge is 2.32. The first-order valence-electron chi connectivity index (χ1n) is 11.1. The van der Waals surface area contributed by atoms with Crippen LogP contribution in [0.5, 0.6) is 0 Å². The number of hydrogen-bond donors (Lipinski definition) is 2. The molecule has 178 valence electrons. The molecule has 0 radical (unpaired) electrons. The molecular weight excluding hydrogens is 455 g/mol. The molecule has 0 spiro atoms. The van der Waals surface area contributed by atoms with E-state index in [0.29, 0.717) is 11.3 Å². The molecule has 2 amide bonds. The number of cyclic esters (lactones) is 1. The van der Waals surface area contributed by atoms with Gasteiger partial charge in [-0.15, -0.1) is 11.3 Å². The number of aromatic nitrogens is 1. The van der Waals surface area contributed by atoms with Crippen LogP contribution in [0.1, 0.15) is 23.1 Å². The van der Waals surface area contributed by atoms with Crippen molar-refractivity contribution >= 4 is 29.0 Å². The van der Waals surface area contributed by atoms with Gasteiger partial charge >= 0.3 is 6.09 Å². The second-order valence-corrected chi connectivity index (χ2v) is 9.14. The van der Waals surface area contributed by atoms with E-state index in [4.69, 9.17) is 4.74 Å². The maximum Gasteiger partial charge on any atom is 0.414 e. The number of amides is 2. The Kier molecular flexibility index (Phi) is 7.54. The van der Waals surface area contributed by atoms with Gasteiger partial charge in [-0.2, -0.15) is 0 Å². The lowest BCUT2D eigenvalue weighted by molar-refractivity contribution is -0.119. The molecule has 2 heterocycles. The smallest absolute Gasteiger partial charge is 0.414 e. The highest BCUT2D eigenvalue weighted by atomic mass is 32.1. The molecule has 1 aromatic heterocycles. The summed E-state index contributed by atoms with van der Waals surface area (Å²) in [6.45, 7) is 5.50. The average Bonchev–Trinajstić information content (AvgIpc) is 3.40. The van der Waals surface area contributed by atoms with Gasteiger partial charge in [0.2, 0.25) is 5.91 Å². The zero-order valence-electron chi connectivity index (χ0n) is 19.1. The second-order valence-electron chi connectivity index (χ2n) is 8.20. The van der Waals surface area contributed by atoms with Gasteiger partial charge in [-0.05, 0) is 42.7 Å². The van der Waals surface area contributed by atoms with Crippen LogP contribution < -0.4 is 15.5 Å². The molecular formula is C25H27FN4O3S. The van der Waals surface area contributed by atoms with Crippen molar-refractivity contribution in [1.29, 1.82) is 0 Å². The first-order valence-corrected chi connectivity index (χ1v) is 12.0. The summed E-state index contributed by atoms with van der Waals surface area (Å²) in [6, 6.07) is 12.5. The lowest BCUT2D eigenvalue weighted by Crippen LogP contribution is -2.33. The van der Waals surface area contributed by atoms with Gasteiger partial charge < -0.3 is 15.4 Å². The molecule has 4 rings (SSSR count). The van der Waals surface area contributed by atoms with Crippen LogP contribution in [0.3, 0.4) is 0 Å². The Morgan fingerprint density at radius 1 is 1.26 bits per heavy atom. The van der Waals surface area contributed by atoms with E-state index in [1.165, 1.54) is 22.8 Å². The number of carbonyl (C=O) groups excluding carboxylic acids is 2. The minimum atomic E-state index is -0.551. The predicted octanol–water partition coefficient (Wildman–Crippen LogP) is 4.05. The molecule has 3 aromatic rings. The van der Waals surface area contributed by atoms with E-state index >= 15 is 0 Å². The number of carbonyl (C=O) groups is 2. The first-order chi connectivity index (χ1) is 16.4. The predicted molar refractivity (Wildman–Crippen MR) is 130 cm³/mol. The molecule has 2 aromatic carbocycles. The van der Waals surface area contributed by atoms with Crippen molar-refractivity contribution < 1.29 is 18.7 Å². The normalized spacial score (nSPS) is 15.4. The average molecular weight is 483 g/mol. The molecule has 1 atom stereocenters. The Hall–Kier alpha value is -3.30. The van der Waals surface area contributed by atoms with E-state index in [2.05, 4.69) is 15.6 Å². The van der Waals surface area contributed by atoms with Crippen molar-refractivity contribution in [3.8, 4) is 11.1 Å². The number of hydrogen-bond acceptors (Lipinski definition) is 6. The number of nitrogens with one attached hydrogen (secondary N) is 2. The molecule has 1 aliphatic rings. The maximum atomic E-state index is 14.9. The highest BCUT2D eigenvalue weighted by Crippen LogP contribution is 2.29. The highest BCUT2D eigenvalue weighted by molar-refractivity contribution is 7.09. The van der Waals surface area contributed by atoms with E-state index in [0.717, 1.165) is 36.3 Å². The minimum Gasteiger partial charge on any atom is -0.442 e. The summed E-state index contributed by atoms with van der Waals surface area (Å²) in [5.74, 6) is -0.612. The lowest BCUT2D eigenvalue weighted by atomic mass is 10.0. The number of anilines is 1. The van der Waals surface area contributed by atoms with Crippen LogP contribution in [0, 0.1) is 12.7 Å². The van der Waals surface area contributed by atoms with Crippen LogP contribution in [-0.2, 0) is 22.5 Å². The van der Waals surface area contributed by atoms with E-state index in [-0.39, 0.29) is 19.0 Å². The molecule has 0 aliphatic carbocycles. The first kappa shape index (κ1) is 23.8. The van der Waals surface area contributed by atoms with Crippen molar-refractivity contribution in [2.75, 3.05) is 24.5 Å². The zero-order chi connectivity index (χ0) is 24.1. The third-order valence-corrected chi connectivity index (χ3v) is 6.68. The monoisotopic (exact) mass is 482 g/mol. The minimum absolute atomic E-state index is 0.197. The van der Waals surface area contributed by atoms with Gasteiger partial charge in [0, 0.05) is 30.5 Å². The Morgan fingerprint density at radius 3 is 2.74 bits per heavy atom. The van der Waals surface area contributed by atoms with Crippen molar-refractivity contribution in [2.45, 2.75) is 32.9 Å². The fourth-order valence-electron chi connectivity index (χ4n) is 3.81. The number of thiazole rings is 1. The van der Waals surface area contributed by atoms with E-state index in [1.807, 2.05) is 36.7 Å². The molecule has 2 N–H and O–H groups in total. The van der Waals surface area contributed by atoms with Crippen molar-refractivity contribution in [3.05, 3.63) is 69.9 Å². The number of benzene rings is 2. The summed E-state index contributed by atoms with van der Waals surface area (Å²) in [6.07, 6.45) is -0.0684. The second kappa shape index (κ2) is 10.8. The topological polar surface area (TPSA) is 83.6 Å². The quantitative estimate of drug-likeness (QED) is 0.450. The summed E-state index contributed by atoms with van der Waals surface area (Å²) in [5.41, 5.74) is 5.74. The Balaban J connectivity index is 1.34. The van der Waals surface area contributed by atoms with Crippen LogP contribution >= 0.6 is 11.3 Å². The maximum absolute atomic E-state index is 14.9. The summed E-state index contributed by atoms with van der Waals surface area (Å²) < 4.78 is 20.2. The van der Waals surface area contributed by atoms with Crippen LogP contribution in [-0.4, -0.2) is 42.7 Å². The molecule has 7 nitrogen and oxygen atoms in total. The molecule has 1 saturated heterocycles. The van der Waals surface area contributed by atoms with Crippen molar-refractivity contribution in [1.82, 2.24) is 15.6 Å². The number of halogens is 1. The molecule has 1 aliphatic heterocycles. The van der Waals surface area contributed by atoms with Gasteiger partial charge in [0.25, 0.3) is 0 Å². The van der Waals surface area contributed by atoms with Gasteiger partial charge in [0.15, 0.2) is 0 Å². The molecule has 0 bridgehead atoms. The third-order valence-electron chi connectivity index (χ3n) is 5.68. The van der Waals surface area contributed by atoms with Crippen molar-refractivity contribution in [2.24, 2.45) is 0 Å². The van der Waals surface area contributed by atoms with Crippen molar-refractivity contribution in [3.63, 3.8) is 0 Å². The molecule has 1 unspecified atom stereocenters. The fourth-order valence-corrected chi connectivity index (χ4v) is 4.59. The van der Waals surface area contributed by atoms with Gasteiger partial charge in [0.05, 0.1) is 30.0 Å². The summed E-state index contributed by atoms with van der Waals surface area (Å²) in [5, 5.41) is 6.06. The molecule has 34 heavy (non-hydrogen) atoms. The van der Waals surface area contributed by atoms with E-state index < -0.39 is 18.0 Å². The molecule has 0 saturated carbocycles. The van der Waals surface area contributed by atoms with Gasteiger partial charge in [-0.25, -0.2) is 14.2 Å². The molecule has 1 fully saturated rings. The van der Waals surface area contributed by atoms with Gasteiger partial charge in [0.1, 0.15) is 11.9 Å². The van der Waals surface area contributed by atoms with Crippen LogP contribution in [0.15, 0.2) is 48.0 Å². The Morgan fingerprint density at radius 2 is 2.06 bits per heavy atom. The largest absolute Gasteiger partial charge is 0.442 e. The third kappa shape index (κ3) is 5.78. The van der Waals surface area contributed by atoms with Gasteiger partial charge in [-0.3, -0.25) is 9.69 Å². The number of rotatable bonds is 9. The standard InChI is InChI=1S/C25H27FN4O3S/c1-16-24(34-15-29-16)9-10-27-12-18-3-5-19(6-4-18)22-8-7-20(11-23(22)26)30-14-21(33-25(30)32)13-28-17(2)31/h3-8,11,15,21,27H,9-10,12-14H2,1-2H3,(H,28,31). The lowest BCUT2D eigenvalue weighted by Gasteiger charge is -2.15. The van der Waals surface area contributed by atoms with E-state index in [1.54, 1.807) is 23.5 Å². The van der Waals surface area contributed by atoms with Crippen LogP contribution in [0.2, 0.25) is 0 Å². The van der Waals surface area contributed by atoms with Gasteiger partial charge in [-0.1, -0.05) is 24.3 Å². The summed E-state index contributed by atoms with van der Waals surface area (Å²) >= 11 is 1.68. The number of aryl methyl sites for hydroxylation is 1. The number of ether oxygens (including phenoxy) is 1. The summed E-state index contributed by atoms with van der Waals surface area (Å²) in [7, 11) is 0. The van der Waals surface area contributed by atoms with E-state index in [9.17, 15) is 14.0 Å². The number of nitrogens with zero attached hydrogens (tertiary/aromatic N) is 2. The Bertz CT molecular complexity index is 1170. The van der Waals surface area contributed by atoms with Crippen LogP contribution in [0.4, 0.5) is 14.9 Å². The van der Waals surface area contributed by atoms with Crippen LogP contribution in [0.25, 0.3) is 11.1 Å². The fraction of sp³-hybridized carbons (Fsp3) is 0.320. The SMILES string of the molecule is CC(=O)NCC1CN(c2ccc(-c3ccc(CNCCc4scnc4C)cc3)c(F)c2)C(=O)O1. The Labute approximate surface area is 202 Å².